The van der Waals surface area contributed by atoms with Crippen molar-refractivity contribution in [3.05, 3.63) is 85.1 Å². The van der Waals surface area contributed by atoms with Crippen LogP contribution in [-0.2, 0) is 33.2 Å². The van der Waals surface area contributed by atoms with E-state index in [0.29, 0.717) is 6.42 Å². The summed E-state index contributed by atoms with van der Waals surface area (Å²) in [5.41, 5.74) is 0. The number of amides is 1. The van der Waals surface area contributed by atoms with Gasteiger partial charge in [-0.15, -0.1) is 0 Å². The maximum atomic E-state index is 13.4. The lowest BCUT2D eigenvalue weighted by molar-refractivity contribution is -0.379. The van der Waals surface area contributed by atoms with Crippen molar-refractivity contribution in [1.29, 1.82) is 0 Å². The molecule has 3 aliphatic rings. The second kappa shape index (κ2) is 58.5. The van der Waals surface area contributed by atoms with E-state index >= 15 is 0 Å². The molecule has 3 saturated heterocycles. The molecule has 562 valence electrons. The molecule has 3 rings (SSSR count). The van der Waals surface area contributed by atoms with Crippen molar-refractivity contribution < 1.29 is 89.4 Å². The molecule has 1 amide bonds. The van der Waals surface area contributed by atoms with Crippen LogP contribution in [0, 0.1) is 0 Å². The zero-order valence-electron chi connectivity index (χ0n) is 59.8. The van der Waals surface area contributed by atoms with Crippen molar-refractivity contribution in [3.63, 3.8) is 0 Å². The molecule has 0 aromatic rings. The van der Waals surface area contributed by atoms with Gasteiger partial charge in [-0.2, -0.15) is 0 Å². The van der Waals surface area contributed by atoms with E-state index in [1.54, 1.807) is 6.08 Å². The minimum absolute atomic E-state index is 0.184. The number of aliphatic hydroxyl groups excluding tert-OH is 11. The first kappa shape index (κ1) is 88.2. The molecule has 97 heavy (non-hydrogen) atoms. The molecule has 19 nitrogen and oxygen atoms in total. The molecule has 0 aromatic carbocycles. The molecule has 3 fully saturated rings. The summed E-state index contributed by atoms with van der Waals surface area (Å²) in [6, 6.07) is -1.00. The Morgan fingerprint density at radius 3 is 1.11 bits per heavy atom. The summed E-state index contributed by atoms with van der Waals surface area (Å²) in [4.78, 5) is 13.4. The van der Waals surface area contributed by atoms with Gasteiger partial charge in [-0.3, -0.25) is 4.79 Å². The van der Waals surface area contributed by atoms with Crippen molar-refractivity contribution in [3.8, 4) is 0 Å². The Morgan fingerprint density at radius 1 is 0.381 bits per heavy atom. The quantitative estimate of drug-likeness (QED) is 0.0199. The summed E-state index contributed by atoms with van der Waals surface area (Å²) in [5, 5.41) is 121. The SMILES string of the molecule is CC/C=C\C/C=C\C/C=C\C/C=C\C/C=C\C/C=C\CCCCC(=O)NC(COC1OC(CO)C(OC2OC(CO)C(OC3OC(CO)C(O)C(O)C3O)C(O)C2O)C(O)C1O)C(O)/C=C/CCCCCCCCCCCCCCCCCCCCCCCCCCCCCCC. The van der Waals surface area contributed by atoms with Crippen molar-refractivity contribution in [2.24, 2.45) is 0 Å². The van der Waals surface area contributed by atoms with E-state index in [0.717, 1.165) is 77.0 Å². The lowest BCUT2D eigenvalue weighted by Crippen LogP contribution is -2.66. The number of nitrogens with one attached hydrogen (secondary N) is 1. The molecule has 17 atom stereocenters. The Kier molecular flexibility index (Phi) is 53.2. The molecule has 3 heterocycles. The zero-order valence-corrected chi connectivity index (χ0v) is 59.8. The van der Waals surface area contributed by atoms with E-state index in [1.165, 1.54) is 167 Å². The summed E-state index contributed by atoms with van der Waals surface area (Å²) in [5.74, 6) is -0.318. The normalized spacial score (nSPS) is 27.4. The van der Waals surface area contributed by atoms with Crippen molar-refractivity contribution in [1.82, 2.24) is 5.32 Å². The van der Waals surface area contributed by atoms with Crippen LogP contribution in [0.1, 0.15) is 271 Å². The highest BCUT2D eigenvalue weighted by molar-refractivity contribution is 5.76. The standard InChI is InChI=1S/C78H137NO18/c1-3-5-7-9-11-13-15-17-19-21-23-25-26-27-28-29-30-31-32-33-34-36-37-39-41-43-45-47-49-51-53-55-62(83)61(79-66(84)56-54-52-50-48-46-44-42-40-38-35-24-22-20-18-16-14-12-10-8-6-4-2)60-92-76-72(90)69(87)74(64(58-81)94-76)97-78-73(91)70(88)75(65(59-82)95-78)96-77-71(89)68(86)67(85)63(57-80)93-77/h6,8,12,14,18,20,24,35,40,42,46,48,53,55,61-65,67-78,80-83,85-91H,3-5,7,9-11,13,15-17,19,21-23,25-34,36-39,41,43-45,47,49-52,54,56-60H2,1-2H3,(H,79,84)/b8-6-,14-12-,20-18-,35-24-,42-40-,48-46-,55-53+. The third-order valence-corrected chi connectivity index (χ3v) is 18.7. The Morgan fingerprint density at radius 2 is 0.711 bits per heavy atom. The van der Waals surface area contributed by atoms with Gasteiger partial charge in [-0.05, 0) is 70.6 Å². The molecule has 3 aliphatic heterocycles. The number of unbranched alkanes of at least 4 members (excludes halogenated alkanes) is 31. The van der Waals surface area contributed by atoms with Crippen molar-refractivity contribution in [2.75, 3.05) is 26.4 Å². The lowest BCUT2D eigenvalue weighted by atomic mass is 9.96. The minimum Gasteiger partial charge on any atom is -0.394 e. The van der Waals surface area contributed by atoms with E-state index in [2.05, 4.69) is 92.1 Å². The zero-order chi connectivity index (χ0) is 70.4. The third-order valence-electron chi connectivity index (χ3n) is 18.7. The highest BCUT2D eigenvalue weighted by atomic mass is 16.8. The number of carbonyl (C=O) groups is 1. The molecule has 17 unspecified atom stereocenters. The molecular weight excluding hydrogens is 1240 g/mol. The number of hydrogen-bond acceptors (Lipinski definition) is 18. The fourth-order valence-corrected chi connectivity index (χ4v) is 12.5. The molecule has 0 saturated carbocycles. The van der Waals surface area contributed by atoms with Crippen LogP contribution in [0.3, 0.4) is 0 Å². The van der Waals surface area contributed by atoms with Crippen LogP contribution in [0.15, 0.2) is 85.1 Å². The molecule has 0 aliphatic carbocycles. The monoisotopic (exact) mass is 1380 g/mol. The summed E-state index contributed by atoms with van der Waals surface area (Å²) in [7, 11) is 0. The van der Waals surface area contributed by atoms with E-state index < -0.39 is 124 Å². The van der Waals surface area contributed by atoms with Gasteiger partial charge in [0.1, 0.15) is 73.2 Å². The molecular formula is C78H137NO18. The largest absolute Gasteiger partial charge is 0.394 e. The van der Waals surface area contributed by atoms with Gasteiger partial charge in [0.05, 0.1) is 38.6 Å². The number of ether oxygens (including phenoxy) is 6. The first-order valence-corrected chi connectivity index (χ1v) is 38.3. The van der Waals surface area contributed by atoms with Crippen LogP contribution in [-0.4, -0.2) is 193 Å². The van der Waals surface area contributed by atoms with Gasteiger partial charge in [-0.1, -0.05) is 279 Å². The van der Waals surface area contributed by atoms with Crippen LogP contribution < -0.4 is 5.32 Å². The number of rotatable bonds is 59. The number of carbonyl (C=O) groups excluding carboxylic acids is 1. The maximum absolute atomic E-state index is 13.4. The fourth-order valence-electron chi connectivity index (χ4n) is 12.5. The topological polar surface area (TPSA) is 307 Å². The predicted octanol–water partition coefficient (Wildman–Crippen LogP) is 11.8. The van der Waals surface area contributed by atoms with Crippen molar-refractivity contribution in [2.45, 2.75) is 375 Å². The lowest BCUT2D eigenvalue weighted by Gasteiger charge is -2.48. The average molecular weight is 1380 g/mol. The number of hydrogen-bond donors (Lipinski definition) is 12. The van der Waals surface area contributed by atoms with E-state index in [9.17, 15) is 61.0 Å². The molecule has 19 heteroatoms. The molecule has 12 N–H and O–H groups in total. The van der Waals surface area contributed by atoms with Gasteiger partial charge in [0.25, 0.3) is 0 Å². The molecule has 0 radical (unpaired) electrons. The van der Waals surface area contributed by atoms with Gasteiger partial charge in [0.2, 0.25) is 5.91 Å². The Labute approximate surface area is 584 Å². The molecule has 0 bridgehead atoms. The van der Waals surface area contributed by atoms with Gasteiger partial charge in [0.15, 0.2) is 18.9 Å². The fraction of sp³-hybridized carbons (Fsp3) is 0.808. The summed E-state index contributed by atoms with van der Waals surface area (Å²) < 4.78 is 34.4. The van der Waals surface area contributed by atoms with Crippen LogP contribution in [0.2, 0.25) is 0 Å². The van der Waals surface area contributed by atoms with Crippen LogP contribution >= 0.6 is 0 Å². The van der Waals surface area contributed by atoms with Crippen LogP contribution in [0.5, 0.6) is 0 Å². The van der Waals surface area contributed by atoms with E-state index in [1.807, 2.05) is 6.08 Å². The van der Waals surface area contributed by atoms with Crippen molar-refractivity contribution >= 4 is 5.91 Å². The van der Waals surface area contributed by atoms with Gasteiger partial charge in [-0.25, -0.2) is 0 Å². The Bertz CT molecular complexity index is 2080. The highest BCUT2D eigenvalue weighted by Gasteiger charge is 2.53. The minimum atomic E-state index is -1.99. The Balaban J connectivity index is 1.40. The highest BCUT2D eigenvalue weighted by Crippen LogP contribution is 2.33. The number of allylic oxidation sites excluding steroid dienone is 13. The number of aliphatic hydroxyl groups is 11. The smallest absolute Gasteiger partial charge is 0.220 e. The van der Waals surface area contributed by atoms with Gasteiger partial charge < -0.3 is 89.9 Å². The summed E-state index contributed by atoms with van der Waals surface area (Å²) in [6.45, 7) is 1.61. The second-order valence-corrected chi connectivity index (χ2v) is 27.1. The second-order valence-electron chi connectivity index (χ2n) is 27.1. The summed E-state index contributed by atoms with van der Waals surface area (Å²) >= 11 is 0. The average Bonchev–Trinajstić information content (AvgIpc) is 0.789. The molecule has 0 spiro atoms. The predicted molar refractivity (Wildman–Crippen MR) is 383 cm³/mol. The van der Waals surface area contributed by atoms with Gasteiger partial charge >= 0.3 is 0 Å². The van der Waals surface area contributed by atoms with E-state index in [4.69, 9.17) is 28.4 Å². The first-order valence-electron chi connectivity index (χ1n) is 38.3. The molecule has 0 aromatic heterocycles. The van der Waals surface area contributed by atoms with Crippen LogP contribution in [0.25, 0.3) is 0 Å². The summed E-state index contributed by atoms with van der Waals surface area (Å²) in [6.07, 6.45) is 50.0. The third kappa shape index (κ3) is 39.3. The first-order chi connectivity index (χ1) is 47.3. The Hall–Kier alpha value is -3.03. The maximum Gasteiger partial charge on any atom is 0.220 e. The van der Waals surface area contributed by atoms with Crippen LogP contribution in [0.4, 0.5) is 0 Å². The van der Waals surface area contributed by atoms with E-state index in [-0.39, 0.29) is 18.9 Å². The van der Waals surface area contributed by atoms with Gasteiger partial charge in [0, 0.05) is 6.42 Å².